The van der Waals surface area contributed by atoms with E-state index in [2.05, 4.69) is 19.2 Å². The van der Waals surface area contributed by atoms with Crippen LogP contribution >= 0.6 is 0 Å². The smallest absolute Gasteiger partial charge is 0.0618 e. The number of rotatable bonds is 6. The summed E-state index contributed by atoms with van der Waals surface area (Å²) in [5, 5.41) is 3.28. The van der Waals surface area contributed by atoms with Gasteiger partial charge in [-0.2, -0.15) is 0 Å². The summed E-state index contributed by atoms with van der Waals surface area (Å²) in [6.45, 7) is 5.28. The summed E-state index contributed by atoms with van der Waals surface area (Å²) >= 11 is 0. The number of ether oxygens (including phenoxy) is 1. The Morgan fingerprint density at radius 3 is 2.09 bits per heavy atom. The van der Waals surface area contributed by atoms with Gasteiger partial charge in [0.2, 0.25) is 0 Å². The third kappa shape index (κ3) is 3.73. The van der Waals surface area contributed by atoms with E-state index in [0.717, 1.165) is 12.5 Å². The molecule has 0 saturated carbocycles. The van der Waals surface area contributed by atoms with Crippen molar-refractivity contribution in [1.82, 2.24) is 5.32 Å². The second-order valence-electron chi connectivity index (χ2n) is 2.93. The molecule has 0 aromatic rings. The molecule has 2 heteroatoms. The Bertz CT molecular complexity index is 81.6. The van der Waals surface area contributed by atoms with E-state index in [1.165, 1.54) is 12.8 Å². The zero-order chi connectivity index (χ0) is 8.69. The van der Waals surface area contributed by atoms with Crippen LogP contribution in [0.1, 0.15) is 26.7 Å². The van der Waals surface area contributed by atoms with Gasteiger partial charge in [0.15, 0.2) is 0 Å². The highest BCUT2D eigenvalue weighted by atomic mass is 16.5. The zero-order valence-electron chi connectivity index (χ0n) is 8.18. The van der Waals surface area contributed by atoms with Crippen molar-refractivity contribution in [3.8, 4) is 0 Å². The van der Waals surface area contributed by atoms with E-state index in [4.69, 9.17) is 4.74 Å². The number of hydrogen-bond acceptors (Lipinski definition) is 2. The molecule has 0 bridgehead atoms. The average molecular weight is 159 g/mol. The van der Waals surface area contributed by atoms with Crippen molar-refractivity contribution >= 4 is 0 Å². The minimum atomic E-state index is 0.523. The maximum absolute atomic E-state index is 5.12. The average Bonchev–Trinajstić information content (AvgIpc) is 2.05. The van der Waals surface area contributed by atoms with Crippen molar-refractivity contribution in [2.75, 3.05) is 20.8 Å². The van der Waals surface area contributed by atoms with Crippen molar-refractivity contribution in [1.29, 1.82) is 0 Å². The summed E-state index contributed by atoms with van der Waals surface area (Å²) in [5.41, 5.74) is 0. The molecule has 2 nitrogen and oxygen atoms in total. The van der Waals surface area contributed by atoms with Gasteiger partial charge in [0.1, 0.15) is 0 Å². The van der Waals surface area contributed by atoms with E-state index in [9.17, 15) is 0 Å². The molecule has 0 aromatic heterocycles. The fraction of sp³-hybridized carbons (Fsp3) is 1.00. The van der Waals surface area contributed by atoms with Gasteiger partial charge in [-0.25, -0.2) is 0 Å². The largest absolute Gasteiger partial charge is 0.383 e. The molecule has 1 atom stereocenters. The Hall–Kier alpha value is -0.0800. The second kappa shape index (κ2) is 6.62. The van der Waals surface area contributed by atoms with Crippen LogP contribution in [0.5, 0.6) is 0 Å². The first-order chi connectivity index (χ1) is 5.29. The Morgan fingerprint density at radius 1 is 1.27 bits per heavy atom. The standard InChI is InChI=1S/C9H21NO/c1-5-8(6-2)9(10-3)7-11-4/h8-10H,5-7H2,1-4H3. The van der Waals surface area contributed by atoms with E-state index in [0.29, 0.717) is 6.04 Å². The lowest BCUT2D eigenvalue weighted by atomic mass is 9.95. The summed E-state index contributed by atoms with van der Waals surface area (Å²) in [7, 11) is 3.76. The van der Waals surface area contributed by atoms with Crippen molar-refractivity contribution < 1.29 is 4.74 Å². The molecule has 68 valence electrons. The van der Waals surface area contributed by atoms with Gasteiger partial charge in [-0.1, -0.05) is 26.7 Å². The van der Waals surface area contributed by atoms with Crippen LogP contribution in [0.2, 0.25) is 0 Å². The predicted octanol–water partition coefficient (Wildman–Crippen LogP) is 1.66. The minimum Gasteiger partial charge on any atom is -0.383 e. The zero-order valence-corrected chi connectivity index (χ0v) is 8.18. The molecule has 0 rings (SSSR count). The van der Waals surface area contributed by atoms with Gasteiger partial charge in [0, 0.05) is 13.2 Å². The van der Waals surface area contributed by atoms with Gasteiger partial charge in [0.25, 0.3) is 0 Å². The normalized spacial score (nSPS) is 13.9. The van der Waals surface area contributed by atoms with Gasteiger partial charge in [-0.3, -0.25) is 0 Å². The Morgan fingerprint density at radius 2 is 1.82 bits per heavy atom. The topological polar surface area (TPSA) is 21.3 Å². The van der Waals surface area contributed by atoms with Gasteiger partial charge >= 0.3 is 0 Å². The molecule has 0 aliphatic rings. The molecule has 0 amide bonds. The first kappa shape index (κ1) is 10.9. The number of methoxy groups -OCH3 is 1. The molecular formula is C9H21NO. The highest BCUT2D eigenvalue weighted by molar-refractivity contribution is 4.72. The lowest BCUT2D eigenvalue weighted by Gasteiger charge is -2.23. The lowest BCUT2D eigenvalue weighted by Crippen LogP contribution is -2.36. The number of likely N-dealkylation sites (N-methyl/N-ethyl adjacent to an activating group) is 1. The molecule has 1 unspecified atom stereocenters. The molecule has 0 aromatic carbocycles. The third-order valence-corrected chi connectivity index (χ3v) is 2.33. The van der Waals surface area contributed by atoms with Gasteiger partial charge in [-0.05, 0) is 13.0 Å². The van der Waals surface area contributed by atoms with E-state index in [1.54, 1.807) is 7.11 Å². The molecular weight excluding hydrogens is 138 g/mol. The summed E-state index contributed by atoms with van der Waals surface area (Å²) in [5.74, 6) is 0.750. The van der Waals surface area contributed by atoms with Gasteiger partial charge < -0.3 is 10.1 Å². The van der Waals surface area contributed by atoms with Crippen LogP contribution in [0.3, 0.4) is 0 Å². The molecule has 0 spiro atoms. The van der Waals surface area contributed by atoms with Crippen molar-refractivity contribution in [2.24, 2.45) is 5.92 Å². The summed E-state index contributed by atoms with van der Waals surface area (Å²) in [6, 6.07) is 0.523. The highest BCUT2D eigenvalue weighted by Gasteiger charge is 2.15. The van der Waals surface area contributed by atoms with Crippen LogP contribution in [0, 0.1) is 5.92 Å². The Labute approximate surface area is 70.3 Å². The Kier molecular flexibility index (Phi) is 6.57. The fourth-order valence-corrected chi connectivity index (χ4v) is 1.49. The van der Waals surface area contributed by atoms with E-state index < -0.39 is 0 Å². The molecule has 0 saturated heterocycles. The Balaban J connectivity index is 3.76. The molecule has 0 radical (unpaired) electrons. The van der Waals surface area contributed by atoms with Gasteiger partial charge in [0.05, 0.1) is 6.61 Å². The molecule has 11 heavy (non-hydrogen) atoms. The molecule has 0 fully saturated rings. The maximum Gasteiger partial charge on any atom is 0.0618 e. The molecule has 0 aliphatic carbocycles. The summed E-state index contributed by atoms with van der Waals surface area (Å²) in [6.07, 6.45) is 2.46. The lowest BCUT2D eigenvalue weighted by molar-refractivity contribution is 0.140. The van der Waals surface area contributed by atoms with Crippen LogP contribution < -0.4 is 5.32 Å². The highest BCUT2D eigenvalue weighted by Crippen LogP contribution is 2.12. The van der Waals surface area contributed by atoms with Crippen LogP contribution in [0.4, 0.5) is 0 Å². The number of nitrogens with one attached hydrogen (secondary N) is 1. The van der Waals surface area contributed by atoms with E-state index in [1.807, 2.05) is 7.05 Å². The van der Waals surface area contributed by atoms with E-state index >= 15 is 0 Å². The molecule has 0 heterocycles. The van der Waals surface area contributed by atoms with Crippen LogP contribution in [0.25, 0.3) is 0 Å². The second-order valence-corrected chi connectivity index (χ2v) is 2.93. The van der Waals surface area contributed by atoms with Crippen molar-refractivity contribution in [2.45, 2.75) is 32.7 Å². The minimum absolute atomic E-state index is 0.523. The summed E-state index contributed by atoms with van der Waals surface area (Å²) in [4.78, 5) is 0. The van der Waals surface area contributed by atoms with Crippen molar-refractivity contribution in [3.63, 3.8) is 0 Å². The molecule has 0 aliphatic heterocycles. The SMILES string of the molecule is CCC(CC)C(COC)NC. The van der Waals surface area contributed by atoms with Crippen LogP contribution in [0.15, 0.2) is 0 Å². The first-order valence-corrected chi connectivity index (χ1v) is 4.46. The monoisotopic (exact) mass is 159 g/mol. The van der Waals surface area contributed by atoms with Gasteiger partial charge in [-0.15, -0.1) is 0 Å². The quantitative estimate of drug-likeness (QED) is 0.636. The first-order valence-electron chi connectivity index (χ1n) is 4.46. The predicted molar refractivity (Wildman–Crippen MR) is 48.8 cm³/mol. The summed E-state index contributed by atoms with van der Waals surface area (Å²) < 4.78 is 5.12. The van der Waals surface area contributed by atoms with Crippen LogP contribution in [-0.2, 0) is 4.74 Å². The third-order valence-electron chi connectivity index (χ3n) is 2.33. The molecule has 1 N–H and O–H groups in total. The number of hydrogen-bond donors (Lipinski definition) is 1. The maximum atomic E-state index is 5.12. The fourth-order valence-electron chi connectivity index (χ4n) is 1.49. The van der Waals surface area contributed by atoms with E-state index in [-0.39, 0.29) is 0 Å². The van der Waals surface area contributed by atoms with Crippen molar-refractivity contribution in [3.05, 3.63) is 0 Å². The van der Waals surface area contributed by atoms with Crippen LogP contribution in [-0.4, -0.2) is 26.8 Å².